The van der Waals surface area contributed by atoms with Crippen molar-refractivity contribution in [1.29, 1.82) is 0 Å². The van der Waals surface area contributed by atoms with Crippen molar-refractivity contribution in [3.63, 3.8) is 0 Å². The van der Waals surface area contributed by atoms with Crippen LogP contribution in [0.3, 0.4) is 0 Å². The summed E-state index contributed by atoms with van der Waals surface area (Å²) in [5.41, 5.74) is 0. The van der Waals surface area contributed by atoms with Gasteiger partial charge in [-0.1, -0.05) is 59.4 Å². The topological polar surface area (TPSA) is 19.4 Å². The predicted octanol–water partition coefficient (Wildman–Crippen LogP) is 5.89. The Morgan fingerprint density at radius 1 is 0.625 bits per heavy atom. The van der Waals surface area contributed by atoms with Gasteiger partial charge in [0.1, 0.15) is 11.6 Å². The molecule has 0 aromatic carbocycles. The van der Waals surface area contributed by atoms with Gasteiger partial charge >= 0.3 is 0 Å². The van der Waals surface area contributed by atoms with Crippen molar-refractivity contribution in [1.82, 2.24) is 4.98 Å². The summed E-state index contributed by atoms with van der Waals surface area (Å²) < 4.78 is 0. The Morgan fingerprint density at radius 3 is 1.25 bits per heavy atom. The molecule has 3 heteroatoms. The first-order valence-corrected chi connectivity index (χ1v) is 10.2. The van der Waals surface area contributed by atoms with Crippen LogP contribution in [-0.2, 0) is 0 Å². The molecular weight excluding hydrogens is 294 g/mol. The fourth-order valence-electron chi connectivity index (χ4n) is 2.84. The molecule has 138 valence electrons. The normalized spacial score (nSPS) is 10.8. The van der Waals surface area contributed by atoms with Gasteiger partial charge < -0.3 is 9.80 Å². The van der Waals surface area contributed by atoms with E-state index in [1.54, 1.807) is 0 Å². The number of rotatable bonds is 14. The first-order valence-electron chi connectivity index (χ1n) is 10.2. The zero-order valence-corrected chi connectivity index (χ0v) is 16.6. The summed E-state index contributed by atoms with van der Waals surface area (Å²) in [5, 5.41) is 0. The van der Waals surface area contributed by atoms with E-state index in [2.05, 4.69) is 55.7 Å². The largest absolute Gasteiger partial charge is 0.357 e. The van der Waals surface area contributed by atoms with Gasteiger partial charge in [-0.2, -0.15) is 0 Å². The van der Waals surface area contributed by atoms with E-state index in [1.807, 2.05) is 0 Å². The summed E-state index contributed by atoms with van der Waals surface area (Å²) in [6, 6.07) is 6.56. The highest BCUT2D eigenvalue weighted by atomic mass is 15.2. The summed E-state index contributed by atoms with van der Waals surface area (Å²) in [4.78, 5) is 10.00. The molecule has 0 N–H and O–H groups in total. The Morgan fingerprint density at radius 2 is 0.958 bits per heavy atom. The van der Waals surface area contributed by atoms with Gasteiger partial charge in [-0.25, -0.2) is 4.98 Å². The number of anilines is 2. The smallest absolute Gasteiger partial charge is 0.130 e. The van der Waals surface area contributed by atoms with Crippen LogP contribution < -0.4 is 9.80 Å². The average Bonchev–Trinajstić information content (AvgIpc) is 2.62. The quantitative estimate of drug-likeness (QED) is 0.423. The second-order valence-electron chi connectivity index (χ2n) is 6.74. The Labute approximate surface area is 150 Å². The second-order valence-corrected chi connectivity index (χ2v) is 6.74. The minimum atomic E-state index is 1.12. The molecule has 1 rings (SSSR count). The molecule has 1 aromatic rings. The molecule has 0 aliphatic carbocycles. The van der Waals surface area contributed by atoms with E-state index in [-0.39, 0.29) is 0 Å². The first-order chi connectivity index (χ1) is 11.8. The maximum absolute atomic E-state index is 5.04. The van der Waals surface area contributed by atoms with Crippen molar-refractivity contribution in [2.45, 2.75) is 79.1 Å². The van der Waals surface area contributed by atoms with Crippen LogP contribution in [0.15, 0.2) is 18.2 Å². The molecule has 0 bridgehead atoms. The maximum Gasteiger partial charge on any atom is 0.130 e. The number of nitrogens with zero attached hydrogens (tertiary/aromatic N) is 3. The van der Waals surface area contributed by atoms with E-state index < -0.39 is 0 Å². The number of pyridine rings is 1. The summed E-state index contributed by atoms with van der Waals surface area (Å²) in [6.07, 6.45) is 9.91. The molecule has 0 saturated heterocycles. The SMILES string of the molecule is CCCCN(CCCC)c1cccc(N(CCCC)CCCC)n1. The summed E-state index contributed by atoms with van der Waals surface area (Å²) >= 11 is 0. The Bertz CT molecular complexity index is 368. The van der Waals surface area contributed by atoms with E-state index in [1.165, 1.54) is 51.4 Å². The zero-order valence-electron chi connectivity index (χ0n) is 16.6. The van der Waals surface area contributed by atoms with Crippen LogP contribution in [0.25, 0.3) is 0 Å². The number of unbranched alkanes of at least 4 members (excludes halogenated alkanes) is 4. The molecule has 1 aromatic heterocycles. The van der Waals surface area contributed by atoms with Crippen LogP contribution in [0, 0.1) is 0 Å². The molecule has 0 radical (unpaired) electrons. The lowest BCUT2D eigenvalue weighted by molar-refractivity contribution is 0.659. The Balaban J connectivity index is 2.88. The van der Waals surface area contributed by atoms with Crippen LogP contribution in [0.4, 0.5) is 11.6 Å². The number of aromatic nitrogens is 1. The van der Waals surface area contributed by atoms with E-state index in [9.17, 15) is 0 Å². The maximum atomic E-state index is 5.04. The van der Waals surface area contributed by atoms with Crippen LogP contribution in [0.2, 0.25) is 0 Å². The molecular formula is C21H39N3. The molecule has 0 unspecified atom stereocenters. The molecule has 0 amide bonds. The van der Waals surface area contributed by atoms with E-state index >= 15 is 0 Å². The summed E-state index contributed by atoms with van der Waals surface area (Å²) in [7, 11) is 0. The molecule has 0 fully saturated rings. The van der Waals surface area contributed by atoms with Crippen LogP contribution in [-0.4, -0.2) is 31.2 Å². The van der Waals surface area contributed by atoms with E-state index in [4.69, 9.17) is 4.98 Å². The number of hydrogen-bond donors (Lipinski definition) is 0. The lowest BCUT2D eigenvalue weighted by atomic mass is 10.2. The van der Waals surface area contributed by atoms with Gasteiger partial charge in [-0.15, -0.1) is 0 Å². The van der Waals surface area contributed by atoms with Gasteiger partial charge in [0.15, 0.2) is 0 Å². The van der Waals surface area contributed by atoms with Crippen molar-refractivity contribution in [3.8, 4) is 0 Å². The lowest BCUT2D eigenvalue weighted by Crippen LogP contribution is -2.29. The van der Waals surface area contributed by atoms with E-state index in [0.29, 0.717) is 0 Å². The molecule has 0 aliphatic heterocycles. The van der Waals surface area contributed by atoms with Crippen molar-refractivity contribution < 1.29 is 0 Å². The van der Waals surface area contributed by atoms with Crippen molar-refractivity contribution in [2.24, 2.45) is 0 Å². The average molecular weight is 334 g/mol. The fraction of sp³-hybridized carbons (Fsp3) is 0.762. The molecule has 0 atom stereocenters. The van der Waals surface area contributed by atoms with Crippen molar-refractivity contribution >= 4 is 11.6 Å². The minimum absolute atomic E-state index is 1.12. The zero-order chi connectivity index (χ0) is 17.6. The fourth-order valence-corrected chi connectivity index (χ4v) is 2.84. The highest BCUT2D eigenvalue weighted by Crippen LogP contribution is 2.20. The van der Waals surface area contributed by atoms with Crippen LogP contribution >= 0.6 is 0 Å². The third-order valence-electron chi connectivity index (χ3n) is 4.49. The number of hydrogen-bond acceptors (Lipinski definition) is 3. The van der Waals surface area contributed by atoms with Gasteiger partial charge in [-0.3, -0.25) is 0 Å². The molecule has 0 spiro atoms. The predicted molar refractivity (Wildman–Crippen MR) is 108 cm³/mol. The monoisotopic (exact) mass is 333 g/mol. The van der Waals surface area contributed by atoms with Gasteiger partial charge in [0, 0.05) is 26.2 Å². The molecule has 1 heterocycles. The first kappa shape index (κ1) is 20.8. The summed E-state index contributed by atoms with van der Waals surface area (Å²) in [5.74, 6) is 2.32. The highest BCUT2D eigenvalue weighted by Gasteiger charge is 2.11. The molecule has 0 aliphatic rings. The van der Waals surface area contributed by atoms with Gasteiger partial charge in [-0.05, 0) is 37.8 Å². The molecule has 24 heavy (non-hydrogen) atoms. The third-order valence-corrected chi connectivity index (χ3v) is 4.49. The molecule has 3 nitrogen and oxygen atoms in total. The van der Waals surface area contributed by atoms with Gasteiger partial charge in [0.25, 0.3) is 0 Å². The second kappa shape index (κ2) is 13.1. The standard InChI is InChI=1S/C21H39N3/c1-5-9-16-23(17-10-6-2)20-14-13-15-21(22-20)24(18-11-7-3)19-12-8-4/h13-15H,5-12,16-19H2,1-4H3. The Hall–Kier alpha value is -1.25. The van der Waals surface area contributed by atoms with Crippen LogP contribution in [0.5, 0.6) is 0 Å². The highest BCUT2D eigenvalue weighted by molar-refractivity contribution is 5.48. The Kier molecular flexibility index (Phi) is 11.3. The van der Waals surface area contributed by atoms with Gasteiger partial charge in [0.05, 0.1) is 0 Å². The van der Waals surface area contributed by atoms with Crippen molar-refractivity contribution in [3.05, 3.63) is 18.2 Å². The van der Waals surface area contributed by atoms with Crippen molar-refractivity contribution in [2.75, 3.05) is 36.0 Å². The molecule has 0 saturated carbocycles. The van der Waals surface area contributed by atoms with Gasteiger partial charge in [0.2, 0.25) is 0 Å². The minimum Gasteiger partial charge on any atom is -0.357 e. The lowest BCUT2D eigenvalue weighted by Gasteiger charge is -2.27. The van der Waals surface area contributed by atoms with E-state index in [0.717, 1.165) is 37.8 Å². The van der Waals surface area contributed by atoms with Crippen LogP contribution in [0.1, 0.15) is 79.1 Å². The summed E-state index contributed by atoms with van der Waals surface area (Å²) in [6.45, 7) is 13.5. The third kappa shape index (κ3) is 7.55.